The van der Waals surface area contributed by atoms with Crippen molar-refractivity contribution in [3.8, 4) is 0 Å². The van der Waals surface area contributed by atoms with Crippen LogP contribution in [-0.2, 0) is 28.2 Å². The average molecular weight is 298 g/mol. The summed E-state index contributed by atoms with van der Waals surface area (Å²) in [7, 11) is -4.66. The minimum atomic E-state index is -4.66. The smallest absolute Gasteiger partial charge is 0.462 e. The minimum absolute atomic E-state index is 0.184. The molecule has 1 atom stereocenters. The van der Waals surface area contributed by atoms with E-state index in [1.165, 1.54) is 6.92 Å². The van der Waals surface area contributed by atoms with Crippen LogP contribution in [0.25, 0.3) is 0 Å². The van der Waals surface area contributed by atoms with Crippen LogP contribution in [0.5, 0.6) is 0 Å². The Hall–Kier alpha value is -0.950. The first kappa shape index (κ1) is 18.0. The third kappa shape index (κ3) is 11.9. The van der Waals surface area contributed by atoms with E-state index in [0.717, 1.165) is 6.42 Å². The van der Waals surface area contributed by atoms with Gasteiger partial charge in [0.2, 0.25) is 0 Å². The molecule has 0 aliphatic heterocycles. The van der Waals surface area contributed by atoms with E-state index in [9.17, 15) is 14.2 Å². The van der Waals surface area contributed by atoms with E-state index < -0.39 is 32.5 Å². The fourth-order valence-electron chi connectivity index (χ4n) is 1.07. The standard InChI is InChI=1S/C10H19O8P/c1-3-4-5-10(12)18-9(6-16-8(2)11)7-17-19(13,14)15/h9H,3-7H2,1-2H3,(H2,13,14,15)/t9-/m1/s1. The van der Waals surface area contributed by atoms with E-state index in [1.807, 2.05) is 6.92 Å². The lowest BCUT2D eigenvalue weighted by atomic mass is 10.2. The van der Waals surface area contributed by atoms with E-state index in [-0.39, 0.29) is 13.0 Å². The Balaban J connectivity index is 4.27. The second-order valence-corrected chi connectivity index (χ2v) is 5.04. The van der Waals surface area contributed by atoms with Gasteiger partial charge in [0.25, 0.3) is 0 Å². The van der Waals surface area contributed by atoms with Crippen molar-refractivity contribution in [2.24, 2.45) is 0 Å². The Morgan fingerprint density at radius 1 is 1.26 bits per heavy atom. The number of carbonyl (C=O) groups excluding carboxylic acids is 2. The van der Waals surface area contributed by atoms with Gasteiger partial charge in [0, 0.05) is 13.3 Å². The molecule has 19 heavy (non-hydrogen) atoms. The largest absolute Gasteiger partial charge is 0.469 e. The number of rotatable bonds is 9. The number of carbonyl (C=O) groups is 2. The van der Waals surface area contributed by atoms with Gasteiger partial charge in [0.05, 0.1) is 6.61 Å². The summed E-state index contributed by atoms with van der Waals surface area (Å²) in [4.78, 5) is 39.1. The Morgan fingerprint density at radius 2 is 1.89 bits per heavy atom. The molecule has 8 nitrogen and oxygen atoms in total. The summed E-state index contributed by atoms with van der Waals surface area (Å²) in [5, 5.41) is 0. The fraction of sp³-hybridized carbons (Fsp3) is 0.800. The molecule has 2 N–H and O–H groups in total. The maximum absolute atomic E-state index is 11.4. The van der Waals surface area contributed by atoms with E-state index in [0.29, 0.717) is 6.42 Å². The SMILES string of the molecule is CCCCC(=O)O[C@H](COC(C)=O)COP(=O)(O)O. The molecule has 112 valence electrons. The maximum atomic E-state index is 11.4. The first-order valence-corrected chi connectivity index (χ1v) is 7.30. The Morgan fingerprint density at radius 3 is 2.37 bits per heavy atom. The first-order chi connectivity index (χ1) is 8.74. The molecule has 0 saturated heterocycles. The van der Waals surface area contributed by atoms with Crippen molar-refractivity contribution in [2.45, 2.75) is 39.2 Å². The van der Waals surface area contributed by atoms with E-state index >= 15 is 0 Å². The van der Waals surface area contributed by atoms with Crippen molar-refractivity contribution in [3.63, 3.8) is 0 Å². The molecule has 0 saturated carbocycles. The summed E-state index contributed by atoms with van der Waals surface area (Å²) in [6, 6.07) is 0. The molecule has 0 unspecified atom stereocenters. The number of hydrogen-bond donors (Lipinski definition) is 2. The van der Waals surface area contributed by atoms with Gasteiger partial charge in [-0.25, -0.2) is 4.57 Å². The predicted molar refractivity (Wildman–Crippen MR) is 64.0 cm³/mol. The van der Waals surface area contributed by atoms with E-state index in [1.54, 1.807) is 0 Å². The van der Waals surface area contributed by atoms with Gasteiger partial charge in [-0.1, -0.05) is 13.3 Å². The van der Waals surface area contributed by atoms with Crippen molar-refractivity contribution in [2.75, 3.05) is 13.2 Å². The van der Waals surface area contributed by atoms with Gasteiger partial charge in [-0.3, -0.25) is 14.1 Å². The quantitative estimate of drug-likeness (QED) is 0.473. The van der Waals surface area contributed by atoms with Crippen LogP contribution >= 0.6 is 7.82 Å². The zero-order valence-corrected chi connectivity index (χ0v) is 11.8. The van der Waals surface area contributed by atoms with Gasteiger partial charge < -0.3 is 19.3 Å². The molecule has 0 aliphatic rings. The summed E-state index contributed by atoms with van der Waals surface area (Å²) in [6.45, 7) is 2.21. The number of esters is 2. The highest BCUT2D eigenvalue weighted by Crippen LogP contribution is 2.35. The zero-order valence-electron chi connectivity index (χ0n) is 10.9. The van der Waals surface area contributed by atoms with Crippen molar-refractivity contribution in [1.82, 2.24) is 0 Å². The average Bonchev–Trinajstić information content (AvgIpc) is 2.28. The first-order valence-electron chi connectivity index (χ1n) is 5.77. The number of phosphoric acid groups is 1. The van der Waals surface area contributed by atoms with Gasteiger partial charge in [0.1, 0.15) is 6.61 Å². The van der Waals surface area contributed by atoms with Crippen LogP contribution in [0.1, 0.15) is 33.1 Å². The van der Waals surface area contributed by atoms with Crippen molar-refractivity contribution >= 4 is 19.8 Å². The highest BCUT2D eigenvalue weighted by Gasteiger charge is 2.22. The van der Waals surface area contributed by atoms with Gasteiger partial charge in [-0.15, -0.1) is 0 Å². The molecule has 0 bridgehead atoms. The maximum Gasteiger partial charge on any atom is 0.469 e. The van der Waals surface area contributed by atoms with E-state index in [4.69, 9.17) is 14.5 Å². The molecular formula is C10H19O8P. The third-order valence-electron chi connectivity index (χ3n) is 1.93. The molecule has 0 aromatic carbocycles. The summed E-state index contributed by atoms with van der Waals surface area (Å²) in [5.74, 6) is -1.13. The molecule has 0 aromatic heterocycles. The number of ether oxygens (including phenoxy) is 2. The summed E-state index contributed by atoms with van der Waals surface area (Å²) in [5.41, 5.74) is 0. The normalized spacial score (nSPS) is 12.8. The molecule has 0 radical (unpaired) electrons. The number of hydrogen-bond acceptors (Lipinski definition) is 6. The van der Waals surface area contributed by atoms with Crippen LogP contribution in [0.3, 0.4) is 0 Å². The Kier molecular flexibility index (Phi) is 8.58. The lowest BCUT2D eigenvalue weighted by Gasteiger charge is -2.17. The van der Waals surface area contributed by atoms with Crippen LogP contribution in [0.4, 0.5) is 0 Å². The fourth-order valence-corrected chi connectivity index (χ4v) is 1.43. The molecule has 0 fully saturated rings. The summed E-state index contributed by atoms with van der Waals surface area (Å²) in [6.07, 6.45) is 0.588. The lowest BCUT2D eigenvalue weighted by Crippen LogP contribution is -2.29. The van der Waals surface area contributed by atoms with Crippen molar-refractivity contribution < 1.29 is 37.9 Å². The molecule has 9 heteroatoms. The van der Waals surface area contributed by atoms with Crippen LogP contribution in [-0.4, -0.2) is 41.0 Å². The molecule has 0 rings (SSSR count). The van der Waals surface area contributed by atoms with Crippen LogP contribution in [0.15, 0.2) is 0 Å². The number of unbranched alkanes of at least 4 members (excludes halogenated alkanes) is 1. The predicted octanol–water partition coefficient (Wildman–Crippen LogP) is 0.761. The second-order valence-electron chi connectivity index (χ2n) is 3.80. The third-order valence-corrected chi connectivity index (χ3v) is 2.42. The molecule has 0 heterocycles. The van der Waals surface area contributed by atoms with Crippen LogP contribution < -0.4 is 0 Å². The van der Waals surface area contributed by atoms with Gasteiger partial charge in [0.15, 0.2) is 6.10 Å². The molecule has 0 aliphatic carbocycles. The topological polar surface area (TPSA) is 119 Å². The van der Waals surface area contributed by atoms with Gasteiger partial charge >= 0.3 is 19.8 Å². The lowest BCUT2D eigenvalue weighted by molar-refractivity contribution is -0.160. The molecule has 0 amide bonds. The molecule has 0 spiro atoms. The second kappa shape index (κ2) is 9.03. The summed E-state index contributed by atoms with van der Waals surface area (Å²) >= 11 is 0. The monoisotopic (exact) mass is 298 g/mol. The highest BCUT2D eigenvalue weighted by molar-refractivity contribution is 7.46. The highest BCUT2D eigenvalue weighted by atomic mass is 31.2. The van der Waals surface area contributed by atoms with Gasteiger partial charge in [-0.2, -0.15) is 0 Å². The Bertz CT molecular complexity index is 336. The zero-order chi connectivity index (χ0) is 14.9. The van der Waals surface area contributed by atoms with Crippen molar-refractivity contribution in [3.05, 3.63) is 0 Å². The van der Waals surface area contributed by atoms with Crippen molar-refractivity contribution in [1.29, 1.82) is 0 Å². The summed E-state index contributed by atoms with van der Waals surface area (Å²) < 4.78 is 24.3. The number of phosphoric ester groups is 1. The van der Waals surface area contributed by atoms with E-state index in [2.05, 4.69) is 9.26 Å². The Labute approximate surface area is 111 Å². The minimum Gasteiger partial charge on any atom is -0.462 e. The van der Waals surface area contributed by atoms with Crippen LogP contribution in [0, 0.1) is 0 Å². The molecule has 0 aromatic rings. The van der Waals surface area contributed by atoms with Crippen LogP contribution in [0.2, 0.25) is 0 Å². The molecular weight excluding hydrogens is 279 g/mol. The van der Waals surface area contributed by atoms with Gasteiger partial charge in [-0.05, 0) is 6.42 Å².